The maximum Gasteiger partial charge on any atom is 0.418 e. The van der Waals surface area contributed by atoms with Crippen LogP contribution in [0.2, 0.25) is 0 Å². The van der Waals surface area contributed by atoms with Crippen LogP contribution in [0.3, 0.4) is 0 Å². The summed E-state index contributed by atoms with van der Waals surface area (Å²) in [5.41, 5.74) is -1.38. The summed E-state index contributed by atoms with van der Waals surface area (Å²) in [4.78, 5) is 21.8. The SMILES string of the molecule is [2H]C1CCCCCN(CCCC(C)=O)c2cccc(n2)S(=O)(=O)Nc2ccc(C(F)(F)F)c(n2)-c2ccccc2C1[2H]. The smallest absolute Gasteiger partial charge is 0.357 e. The highest BCUT2D eigenvalue weighted by molar-refractivity contribution is 7.92. The minimum Gasteiger partial charge on any atom is -0.357 e. The molecule has 7 nitrogen and oxygen atoms in total. The van der Waals surface area contributed by atoms with Crippen LogP contribution in [0.25, 0.3) is 11.3 Å². The second kappa shape index (κ2) is 12.8. The van der Waals surface area contributed by atoms with Gasteiger partial charge in [-0.15, -0.1) is 0 Å². The van der Waals surface area contributed by atoms with Crippen molar-refractivity contribution in [3.05, 3.63) is 65.7 Å². The molecule has 1 N–H and O–H groups in total. The summed E-state index contributed by atoms with van der Waals surface area (Å²) in [7, 11) is -4.35. The number of pyridine rings is 2. The lowest BCUT2D eigenvalue weighted by molar-refractivity contribution is -0.137. The number of carbonyl (C=O) groups is 1. The Morgan fingerprint density at radius 1 is 1.02 bits per heavy atom. The Balaban J connectivity index is 1.81. The highest BCUT2D eigenvalue weighted by Gasteiger charge is 2.35. The van der Waals surface area contributed by atoms with Crippen LogP contribution < -0.4 is 9.62 Å². The number of ketones is 1. The average molecular weight is 577 g/mol. The topological polar surface area (TPSA) is 92.3 Å². The van der Waals surface area contributed by atoms with E-state index in [1.807, 2.05) is 4.90 Å². The predicted octanol–water partition coefficient (Wildman–Crippen LogP) is 6.65. The highest BCUT2D eigenvalue weighted by atomic mass is 32.2. The van der Waals surface area contributed by atoms with E-state index in [1.165, 1.54) is 37.3 Å². The average Bonchev–Trinajstić information content (AvgIpc) is 2.94. The van der Waals surface area contributed by atoms with Crippen molar-refractivity contribution in [3.8, 4) is 11.3 Å². The van der Waals surface area contributed by atoms with E-state index in [0.717, 1.165) is 12.1 Å². The van der Waals surface area contributed by atoms with Crippen molar-refractivity contribution in [3.63, 3.8) is 0 Å². The van der Waals surface area contributed by atoms with Gasteiger partial charge in [-0.05, 0) is 62.4 Å². The molecule has 2 atom stereocenters. The van der Waals surface area contributed by atoms with Gasteiger partial charge in [-0.25, -0.2) is 9.97 Å². The van der Waals surface area contributed by atoms with E-state index in [2.05, 4.69) is 14.7 Å². The molecule has 3 aromatic rings. The van der Waals surface area contributed by atoms with Crippen LogP contribution in [0.15, 0.2) is 59.6 Å². The van der Waals surface area contributed by atoms with E-state index in [4.69, 9.17) is 2.74 Å². The first-order valence-corrected chi connectivity index (χ1v) is 14.6. The standard InChI is InChI=1S/C29H33F3N4O3S/c1-21(37)11-10-20-36-19-8-4-2-3-5-12-22-13-6-7-14-23(22)28-24(29(30,31)32)17-18-25(33-28)35-40(38,39)27-16-9-15-26(36)34-27/h6-7,9,13-18H,2-5,8,10-12,19-20H2,1H3,(H,33,35)/i5D,12D. The minimum absolute atomic E-state index is 0.0190. The Morgan fingerprint density at radius 3 is 2.58 bits per heavy atom. The zero-order valence-corrected chi connectivity index (χ0v) is 22.9. The van der Waals surface area contributed by atoms with Crippen LogP contribution in [0.5, 0.6) is 0 Å². The Labute approximate surface area is 235 Å². The number of aryl methyl sites for hydroxylation is 1. The summed E-state index contributed by atoms with van der Waals surface area (Å²) in [5, 5.41) is -0.329. The number of benzene rings is 1. The number of anilines is 2. The number of halogens is 3. The molecule has 0 aliphatic carbocycles. The van der Waals surface area contributed by atoms with Crippen LogP contribution in [0.4, 0.5) is 24.8 Å². The molecule has 1 aliphatic heterocycles. The second-order valence-corrected chi connectivity index (χ2v) is 11.3. The molecule has 214 valence electrons. The maximum absolute atomic E-state index is 14.1. The summed E-state index contributed by atoms with van der Waals surface area (Å²) in [6.07, 6.45) is -3.50. The quantitative estimate of drug-likeness (QED) is 0.374. The zero-order chi connectivity index (χ0) is 30.5. The van der Waals surface area contributed by atoms with Crippen LogP contribution >= 0.6 is 0 Å². The largest absolute Gasteiger partial charge is 0.418 e. The van der Waals surface area contributed by atoms with Crippen molar-refractivity contribution in [2.75, 3.05) is 22.7 Å². The van der Waals surface area contributed by atoms with E-state index >= 15 is 0 Å². The molecule has 0 saturated carbocycles. The van der Waals surface area contributed by atoms with Gasteiger partial charge in [0.1, 0.15) is 17.4 Å². The number of rotatable bonds is 4. The molecule has 4 bridgehead atoms. The summed E-state index contributed by atoms with van der Waals surface area (Å²) >= 11 is 0. The van der Waals surface area contributed by atoms with E-state index < -0.39 is 40.3 Å². The zero-order valence-electron chi connectivity index (χ0n) is 24.1. The number of nitrogens with one attached hydrogen (secondary N) is 1. The van der Waals surface area contributed by atoms with Gasteiger partial charge in [0.05, 0.1) is 11.3 Å². The molecule has 11 heteroatoms. The van der Waals surface area contributed by atoms with Crippen LogP contribution in [0, 0.1) is 0 Å². The number of sulfonamides is 1. The first kappa shape index (κ1) is 26.7. The molecule has 0 amide bonds. The van der Waals surface area contributed by atoms with Gasteiger partial charge >= 0.3 is 6.18 Å². The van der Waals surface area contributed by atoms with E-state index in [1.54, 1.807) is 12.1 Å². The fourth-order valence-corrected chi connectivity index (χ4v) is 5.50. The Bertz CT molecular complexity index is 1520. The van der Waals surface area contributed by atoms with Crippen LogP contribution in [-0.4, -0.2) is 37.3 Å². The van der Waals surface area contributed by atoms with Crippen molar-refractivity contribution in [2.24, 2.45) is 0 Å². The van der Waals surface area contributed by atoms with E-state index in [-0.39, 0.29) is 27.8 Å². The van der Waals surface area contributed by atoms with Gasteiger partial charge < -0.3 is 9.69 Å². The minimum atomic E-state index is -4.80. The third-order valence-electron chi connectivity index (χ3n) is 6.52. The highest BCUT2D eigenvalue weighted by Crippen LogP contribution is 2.38. The van der Waals surface area contributed by atoms with Crippen LogP contribution in [0.1, 0.15) is 65.7 Å². The van der Waals surface area contributed by atoms with Gasteiger partial charge in [0.25, 0.3) is 10.0 Å². The molecule has 1 aromatic carbocycles. The van der Waals surface area contributed by atoms with Gasteiger partial charge in [-0.2, -0.15) is 21.6 Å². The van der Waals surface area contributed by atoms with Crippen molar-refractivity contribution in [1.82, 2.24) is 9.97 Å². The maximum atomic E-state index is 14.1. The molecular weight excluding hydrogens is 541 g/mol. The van der Waals surface area contributed by atoms with Crippen molar-refractivity contribution >= 4 is 27.4 Å². The third kappa shape index (κ3) is 7.59. The lowest BCUT2D eigenvalue weighted by Crippen LogP contribution is -2.28. The number of hydrogen-bond acceptors (Lipinski definition) is 6. The normalized spacial score (nSPS) is 20.6. The van der Waals surface area contributed by atoms with Crippen LogP contribution in [-0.2, 0) is 27.4 Å². The van der Waals surface area contributed by atoms with Gasteiger partial charge in [0.2, 0.25) is 0 Å². The van der Waals surface area contributed by atoms with Gasteiger partial charge in [0.15, 0.2) is 5.03 Å². The number of nitrogens with zero attached hydrogens (tertiary/aromatic N) is 3. The predicted molar refractivity (Wildman–Crippen MR) is 149 cm³/mol. The summed E-state index contributed by atoms with van der Waals surface area (Å²) in [6.45, 7) is 2.52. The number of fused-ring (bicyclic) bond motifs is 6. The third-order valence-corrected chi connectivity index (χ3v) is 7.77. The van der Waals surface area contributed by atoms with Crippen molar-refractivity contribution in [1.29, 1.82) is 0 Å². The first-order valence-electron chi connectivity index (χ1n) is 14.3. The van der Waals surface area contributed by atoms with E-state index in [0.29, 0.717) is 57.4 Å². The summed E-state index contributed by atoms with van der Waals surface area (Å²) in [6, 6.07) is 12.2. The molecule has 40 heavy (non-hydrogen) atoms. The molecule has 3 heterocycles. The van der Waals surface area contributed by atoms with Crippen molar-refractivity contribution < 1.29 is 29.1 Å². The van der Waals surface area contributed by atoms with Gasteiger partial charge in [-0.3, -0.25) is 4.72 Å². The number of aromatic nitrogens is 2. The lowest BCUT2D eigenvalue weighted by atomic mass is 9.96. The lowest BCUT2D eigenvalue weighted by Gasteiger charge is -2.24. The number of carbonyl (C=O) groups excluding carboxylic acids is 1. The Morgan fingerprint density at radius 2 is 1.80 bits per heavy atom. The summed E-state index contributed by atoms with van der Waals surface area (Å²) < 4.78 is 88.6. The Kier molecular flexibility index (Phi) is 8.56. The Hall–Kier alpha value is -3.47. The second-order valence-electron chi connectivity index (χ2n) is 9.66. The molecule has 2 aromatic heterocycles. The molecule has 0 saturated heterocycles. The molecular formula is C29H33F3N4O3S. The first-order chi connectivity index (χ1) is 19.9. The number of hydrogen-bond donors (Lipinski definition) is 1. The molecule has 1 aliphatic rings. The molecule has 2 unspecified atom stereocenters. The molecule has 0 spiro atoms. The van der Waals surface area contributed by atoms with Gasteiger partial charge in [0, 0.05) is 27.8 Å². The fourth-order valence-electron chi connectivity index (χ4n) is 4.54. The van der Waals surface area contributed by atoms with Crippen molar-refractivity contribution in [2.45, 2.75) is 69.4 Å². The monoisotopic (exact) mass is 576 g/mol. The number of Topliss-reactive ketones (excluding diaryl/α,β-unsaturated/α-hetero) is 1. The van der Waals surface area contributed by atoms with Gasteiger partial charge in [-0.1, -0.05) is 49.6 Å². The number of alkyl halides is 3. The molecule has 0 radical (unpaired) electrons. The molecule has 4 rings (SSSR count). The summed E-state index contributed by atoms with van der Waals surface area (Å²) in [5.74, 6) is 0.0896. The molecule has 0 fully saturated rings. The van der Waals surface area contributed by atoms with E-state index in [9.17, 15) is 26.4 Å². The fraction of sp³-hybridized carbons (Fsp3) is 0.414.